The van der Waals surface area contributed by atoms with Crippen LogP contribution in [0.5, 0.6) is 5.75 Å². The van der Waals surface area contributed by atoms with Crippen molar-refractivity contribution in [2.75, 3.05) is 13.1 Å². The van der Waals surface area contributed by atoms with Crippen LogP contribution in [0.3, 0.4) is 0 Å². The molecule has 0 spiro atoms. The Morgan fingerprint density at radius 1 is 0.964 bits per heavy atom. The first kappa shape index (κ1) is 18.1. The summed E-state index contributed by atoms with van der Waals surface area (Å²) in [6, 6.07) is 24.4. The fourth-order valence-corrected chi connectivity index (χ4v) is 3.64. The number of hydrogen-bond acceptors (Lipinski definition) is 2. The van der Waals surface area contributed by atoms with Gasteiger partial charge >= 0.3 is 0 Å². The largest absolute Gasteiger partial charge is 0.489 e. The molecule has 0 N–H and O–H groups in total. The Morgan fingerprint density at radius 3 is 2.57 bits per heavy atom. The Balaban J connectivity index is 1.52. The predicted molar refractivity (Wildman–Crippen MR) is 112 cm³/mol. The molecule has 28 heavy (non-hydrogen) atoms. The van der Waals surface area contributed by atoms with Crippen LogP contribution in [0.15, 0.2) is 85.5 Å². The minimum atomic E-state index is 0.0714. The Bertz CT molecular complexity index is 994. The molecular formula is C25H23NO2. The lowest BCUT2D eigenvalue weighted by atomic mass is 9.98. The number of carbonyl (C=O) groups is 1. The van der Waals surface area contributed by atoms with E-state index in [4.69, 9.17) is 4.74 Å². The number of nitrogens with zero attached hydrogens (tertiary/aromatic N) is 1. The maximum Gasteiger partial charge on any atom is 0.254 e. The highest BCUT2D eigenvalue weighted by Gasteiger charge is 2.23. The van der Waals surface area contributed by atoms with Crippen molar-refractivity contribution in [3.63, 3.8) is 0 Å². The van der Waals surface area contributed by atoms with E-state index in [0.717, 1.165) is 35.4 Å². The molecule has 0 radical (unpaired) electrons. The molecule has 1 amide bonds. The van der Waals surface area contributed by atoms with E-state index in [1.807, 2.05) is 53.4 Å². The van der Waals surface area contributed by atoms with Crippen LogP contribution in [0.1, 0.15) is 21.5 Å². The van der Waals surface area contributed by atoms with Gasteiger partial charge in [-0.3, -0.25) is 4.79 Å². The molecule has 0 atom stereocenters. The zero-order valence-corrected chi connectivity index (χ0v) is 15.8. The van der Waals surface area contributed by atoms with Gasteiger partial charge in [-0.15, -0.1) is 6.58 Å². The summed E-state index contributed by atoms with van der Waals surface area (Å²) in [5, 5.41) is 0. The molecule has 3 heteroatoms. The monoisotopic (exact) mass is 369 g/mol. The first-order chi connectivity index (χ1) is 13.8. The second-order valence-electron chi connectivity index (χ2n) is 6.92. The number of amides is 1. The Hall–Kier alpha value is -3.33. The summed E-state index contributed by atoms with van der Waals surface area (Å²) in [5.74, 6) is 0.869. The average molecular weight is 369 g/mol. The normalized spacial score (nSPS) is 13.1. The van der Waals surface area contributed by atoms with Crippen LogP contribution in [0.2, 0.25) is 0 Å². The first-order valence-electron chi connectivity index (χ1n) is 9.55. The van der Waals surface area contributed by atoms with E-state index in [-0.39, 0.29) is 5.91 Å². The third-order valence-electron chi connectivity index (χ3n) is 5.09. The summed E-state index contributed by atoms with van der Waals surface area (Å²) in [6.45, 7) is 5.52. The molecule has 0 aliphatic carbocycles. The van der Waals surface area contributed by atoms with E-state index in [0.29, 0.717) is 13.2 Å². The van der Waals surface area contributed by atoms with Gasteiger partial charge < -0.3 is 9.64 Å². The van der Waals surface area contributed by atoms with E-state index in [1.54, 1.807) is 6.08 Å². The van der Waals surface area contributed by atoms with Crippen LogP contribution in [-0.4, -0.2) is 23.9 Å². The fraction of sp³-hybridized carbons (Fsp3) is 0.160. The van der Waals surface area contributed by atoms with Gasteiger partial charge in [0, 0.05) is 18.7 Å². The maximum atomic E-state index is 12.5. The molecule has 4 rings (SSSR count). The molecule has 1 aliphatic rings. The SMILES string of the molecule is C=CCN1CCc2cc(OCc3ccccc3-c3ccccc3)ccc2C1=O. The summed E-state index contributed by atoms with van der Waals surface area (Å²) in [5.41, 5.74) is 5.32. The highest BCUT2D eigenvalue weighted by atomic mass is 16.5. The van der Waals surface area contributed by atoms with E-state index in [2.05, 4.69) is 30.8 Å². The Kier molecular flexibility index (Phi) is 5.24. The Labute approximate surface area is 165 Å². The van der Waals surface area contributed by atoms with Crippen molar-refractivity contribution < 1.29 is 9.53 Å². The lowest BCUT2D eigenvalue weighted by Gasteiger charge is -2.27. The number of carbonyl (C=O) groups excluding carboxylic acids is 1. The van der Waals surface area contributed by atoms with Crippen LogP contribution < -0.4 is 4.74 Å². The maximum absolute atomic E-state index is 12.5. The molecule has 1 heterocycles. The van der Waals surface area contributed by atoms with Gasteiger partial charge in [0.05, 0.1) is 0 Å². The summed E-state index contributed by atoms with van der Waals surface area (Å²) in [6.07, 6.45) is 2.61. The quantitative estimate of drug-likeness (QED) is 0.565. The average Bonchev–Trinajstić information content (AvgIpc) is 2.75. The van der Waals surface area contributed by atoms with Gasteiger partial charge in [-0.25, -0.2) is 0 Å². The van der Waals surface area contributed by atoms with Gasteiger partial charge in [0.2, 0.25) is 0 Å². The number of benzene rings is 3. The smallest absolute Gasteiger partial charge is 0.254 e. The van der Waals surface area contributed by atoms with Crippen LogP contribution in [0.4, 0.5) is 0 Å². The third-order valence-corrected chi connectivity index (χ3v) is 5.09. The molecule has 0 aromatic heterocycles. The minimum absolute atomic E-state index is 0.0714. The molecule has 3 aromatic rings. The number of hydrogen-bond donors (Lipinski definition) is 0. The van der Waals surface area contributed by atoms with E-state index < -0.39 is 0 Å². The molecule has 3 nitrogen and oxygen atoms in total. The minimum Gasteiger partial charge on any atom is -0.489 e. The summed E-state index contributed by atoms with van der Waals surface area (Å²) in [4.78, 5) is 14.4. The molecule has 140 valence electrons. The highest BCUT2D eigenvalue weighted by Crippen LogP contribution is 2.27. The van der Waals surface area contributed by atoms with Gasteiger partial charge in [-0.2, -0.15) is 0 Å². The first-order valence-corrected chi connectivity index (χ1v) is 9.55. The van der Waals surface area contributed by atoms with Crippen molar-refractivity contribution in [1.29, 1.82) is 0 Å². The predicted octanol–water partition coefficient (Wildman–Crippen LogP) is 5.12. The molecule has 0 saturated heterocycles. The van der Waals surface area contributed by atoms with Gasteiger partial charge in [0.1, 0.15) is 12.4 Å². The second kappa shape index (κ2) is 8.13. The van der Waals surface area contributed by atoms with Gasteiger partial charge in [-0.1, -0.05) is 60.7 Å². The van der Waals surface area contributed by atoms with E-state index in [9.17, 15) is 4.79 Å². The molecule has 0 bridgehead atoms. The molecule has 1 aliphatic heterocycles. The molecular weight excluding hydrogens is 346 g/mol. The second-order valence-corrected chi connectivity index (χ2v) is 6.92. The van der Waals surface area contributed by atoms with Crippen molar-refractivity contribution in [2.24, 2.45) is 0 Å². The van der Waals surface area contributed by atoms with Crippen LogP contribution in [0, 0.1) is 0 Å². The van der Waals surface area contributed by atoms with Crippen molar-refractivity contribution >= 4 is 5.91 Å². The lowest BCUT2D eigenvalue weighted by molar-refractivity contribution is 0.0759. The molecule has 0 fully saturated rings. The summed E-state index contributed by atoms with van der Waals surface area (Å²) < 4.78 is 6.09. The Morgan fingerprint density at radius 2 is 1.75 bits per heavy atom. The van der Waals surface area contributed by atoms with E-state index in [1.165, 1.54) is 11.1 Å². The molecule has 0 saturated carbocycles. The zero-order valence-electron chi connectivity index (χ0n) is 15.8. The van der Waals surface area contributed by atoms with Crippen molar-refractivity contribution in [1.82, 2.24) is 4.90 Å². The zero-order chi connectivity index (χ0) is 19.3. The number of ether oxygens (including phenoxy) is 1. The highest BCUT2D eigenvalue weighted by molar-refractivity contribution is 5.97. The van der Waals surface area contributed by atoms with Crippen molar-refractivity contribution in [3.05, 3.63) is 102 Å². The van der Waals surface area contributed by atoms with Gasteiger partial charge in [0.25, 0.3) is 5.91 Å². The molecule has 3 aromatic carbocycles. The van der Waals surface area contributed by atoms with Crippen LogP contribution in [0.25, 0.3) is 11.1 Å². The third kappa shape index (κ3) is 3.70. The van der Waals surface area contributed by atoms with Crippen molar-refractivity contribution in [2.45, 2.75) is 13.0 Å². The summed E-state index contributed by atoms with van der Waals surface area (Å²) in [7, 11) is 0. The van der Waals surface area contributed by atoms with Gasteiger partial charge in [0.15, 0.2) is 0 Å². The topological polar surface area (TPSA) is 29.5 Å². The fourth-order valence-electron chi connectivity index (χ4n) is 3.64. The standard InChI is InChI=1S/C25H23NO2/c1-2-15-26-16-14-20-17-22(12-13-24(20)25(26)27)28-18-21-10-6-7-11-23(21)19-8-4-3-5-9-19/h2-13,17H,1,14-16,18H2. The van der Waals surface area contributed by atoms with Crippen molar-refractivity contribution in [3.8, 4) is 16.9 Å². The lowest BCUT2D eigenvalue weighted by Crippen LogP contribution is -2.37. The van der Waals surface area contributed by atoms with Gasteiger partial charge in [-0.05, 0) is 46.9 Å². The summed E-state index contributed by atoms with van der Waals surface area (Å²) >= 11 is 0. The van der Waals surface area contributed by atoms with Crippen LogP contribution in [-0.2, 0) is 13.0 Å². The number of fused-ring (bicyclic) bond motifs is 1. The number of rotatable bonds is 6. The van der Waals surface area contributed by atoms with Crippen LogP contribution >= 0.6 is 0 Å². The van der Waals surface area contributed by atoms with E-state index >= 15 is 0 Å². The molecule has 0 unspecified atom stereocenters.